The summed E-state index contributed by atoms with van der Waals surface area (Å²) in [5, 5.41) is 10.4. The summed E-state index contributed by atoms with van der Waals surface area (Å²) < 4.78 is 6.28. The van der Waals surface area contributed by atoms with E-state index >= 15 is 0 Å². The number of rotatable bonds is 3. The molecule has 2 rings (SSSR count). The van der Waals surface area contributed by atoms with Gasteiger partial charge < -0.3 is 15.6 Å². The summed E-state index contributed by atoms with van der Waals surface area (Å²) in [5.41, 5.74) is 7.59. The normalized spacial score (nSPS) is 23.8. The maximum absolute atomic E-state index is 10.4. The van der Waals surface area contributed by atoms with E-state index in [2.05, 4.69) is 27.9 Å². The van der Waals surface area contributed by atoms with Crippen LogP contribution in [0.4, 0.5) is 0 Å². The van der Waals surface area contributed by atoms with E-state index in [4.69, 9.17) is 10.5 Å². The first kappa shape index (κ1) is 14.6. The summed E-state index contributed by atoms with van der Waals surface area (Å²) in [6.45, 7) is 3.58. The Morgan fingerprint density at radius 1 is 1.58 bits per heavy atom. The van der Waals surface area contributed by atoms with Gasteiger partial charge in [-0.05, 0) is 38.9 Å². The van der Waals surface area contributed by atoms with Crippen molar-refractivity contribution in [2.75, 3.05) is 27.2 Å². The fourth-order valence-corrected chi connectivity index (χ4v) is 3.30. The maximum Gasteiger partial charge on any atom is 0.164 e. The van der Waals surface area contributed by atoms with Gasteiger partial charge in [0.2, 0.25) is 0 Å². The highest BCUT2D eigenvalue weighted by Gasteiger charge is 2.32. The molecule has 1 aromatic carbocycles. The molecule has 1 heterocycles. The van der Waals surface area contributed by atoms with Crippen LogP contribution in [0.1, 0.15) is 23.6 Å². The zero-order valence-corrected chi connectivity index (χ0v) is 13.2. The summed E-state index contributed by atoms with van der Waals surface area (Å²) >= 11 is 3.54. The molecule has 1 aliphatic heterocycles. The molecule has 1 saturated heterocycles. The van der Waals surface area contributed by atoms with Crippen molar-refractivity contribution in [3.05, 3.63) is 21.7 Å². The van der Waals surface area contributed by atoms with Crippen LogP contribution in [0.15, 0.2) is 10.5 Å². The number of methoxy groups -OCH3 is 1. The van der Waals surface area contributed by atoms with Crippen molar-refractivity contribution in [2.24, 2.45) is 11.7 Å². The van der Waals surface area contributed by atoms with Crippen molar-refractivity contribution in [3.63, 3.8) is 0 Å². The number of benzene rings is 1. The van der Waals surface area contributed by atoms with E-state index in [1.165, 1.54) is 0 Å². The lowest BCUT2D eigenvalue weighted by Gasteiger charge is -2.23. The second kappa shape index (κ2) is 5.69. The number of nitrogens with zero attached hydrogens (tertiary/aromatic N) is 1. The SMILES string of the molecule is COc1c(C)c(Br)cc(C2CC(CN)CN2C)c1O. The van der Waals surface area contributed by atoms with E-state index in [0.29, 0.717) is 18.2 Å². The Morgan fingerprint density at radius 2 is 2.26 bits per heavy atom. The topological polar surface area (TPSA) is 58.7 Å². The molecule has 0 radical (unpaired) electrons. The lowest BCUT2D eigenvalue weighted by molar-refractivity contribution is 0.300. The number of ether oxygens (including phenoxy) is 1. The predicted octanol–water partition coefficient (Wildman–Crippen LogP) is 2.42. The Kier molecular flexibility index (Phi) is 4.38. The third kappa shape index (κ3) is 2.59. The first-order chi connectivity index (χ1) is 8.99. The molecule has 0 amide bonds. The molecule has 3 N–H and O–H groups in total. The molecule has 2 unspecified atom stereocenters. The van der Waals surface area contributed by atoms with E-state index < -0.39 is 0 Å². The standard InChI is InChI=1S/C14H21BrN2O2/c1-8-11(15)5-10(13(18)14(8)19-3)12-4-9(6-16)7-17(12)2/h5,9,12,18H,4,6-7,16H2,1-3H3. The fraction of sp³-hybridized carbons (Fsp3) is 0.571. The molecule has 0 spiro atoms. The molecule has 5 heteroatoms. The minimum absolute atomic E-state index is 0.194. The third-order valence-electron chi connectivity index (χ3n) is 4.00. The third-order valence-corrected chi connectivity index (χ3v) is 4.82. The summed E-state index contributed by atoms with van der Waals surface area (Å²) in [7, 11) is 3.65. The second-order valence-corrected chi connectivity index (χ2v) is 6.10. The van der Waals surface area contributed by atoms with Crippen molar-refractivity contribution in [1.82, 2.24) is 4.90 Å². The Labute approximate surface area is 122 Å². The van der Waals surface area contributed by atoms with Crippen LogP contribution in [0.2, 0.25) is 0 Å². The number of hydrogen-bond donors (Lipinski definition) is 2. The second-order valence-electron chi connectivity index (χ2n) is 5.25. The largest absolute Gasteiger partial charge is 0.504 e. The van der Waals surface area contributed by atoms with Gasteiger partial charge in [0.25, 0.3) is 0 Å². The highest BCUT2D eigenvalue weighted by atomic mass is 79.9. The van der Waals surface area contributed by atoms with Crippen molar-refractivity contribution >= 4 is 15.9 Å². The van der Waals surface area contributed by atoms with Gasteiger partial charge in [0.15, 0.2) is 11.5 Å². The van der Waals surface area contributed by atoms with Crippen LogP contribution in [0.5, 0.6) is 11.5 Å². The van der Waals surface area contributed by atoms with Gasteiger partial charge in [0.05, 0.1) is 7.11 Å². The van der Waals surface area contributed by atoms with Gasteiger partial charge in [-0.3, -0.25) is 4.90 Å². The van der Waals surface area contributed by atoms with Crippen LogP contribution in [-0.2, 0) is 0 Å². The predicted molar refractivity (Wildman–Crippen MR) is 79.6 cm³/mol. The number of aromatic hydroxyl groups is 1. The van der Waals surface area contributed by atoms with Crippen LogP contribution in [0.3, 0.4) is 0 Å². The lowest BCUT2D eigenvalue weighted by Crippen LogP contribution is -2.20. The summed E-state index contributed by atoms with van der Waals surface area (Å²) in [4.78, 5) is 2.24. The molecule has 19 heavy (non-hydrogen) atoms. The number of halogens is 1. The van der Waals surface area contributed by atoms with Gasteiger partial charge in [-0.15, -0.1) is 0 Å². The molecule has 1 fully saturated rings. The Balaban J connectivity index is 2.43. The summed E-state index contributed by atoms with van der Waals surface area (Å²) in [6.07, 6.45) is 0.971. The number of phenols is 1. The van der Waals surface area contributed by atoms with Crippen molar-refractivity contribution in [3.8, 4) is 11.5 Å². The van der Waals surface area contributed by atoms with Crippen molar-refractivity contribution < 1.29 is 9.84 Å². The van der Waals surface area contributed by atoms with Crippen molar-refractivity contribution in [2.45, 2.75) is 19.4 Å². The van der Waals surface area contributed by atoms with E-state index in [1.807, 2.05) is 13.0 Å². The number of hydrogen-bond acceptors (Lipinski definition) is 4. The van der Waals surface area contributed by atoms with Gasteiger partial charge in [-0.25, -0.2) is 0 Å². The average Bonchev–Trinajstić information content (AvgIpc) is 2.76. The highest BCUT2D eigenvalue weighted by Crippen LogP contribution is 2.45. The number of phenolic OH excluding ortho intramolecular Hbond substituents is 1. The van der Waals surface area contributed by atoms with Gasteiger partial charge in [0, 0.05) is 28.2 Å². The Bertz CT molecular complexity index is 479. The van der Waals surface area contributed by atoms with Crippen LogP contribution < -0.4 is 10.5 Å². The molecular weight excluding hydrogens is 308 g/mol. The van der Waals surface area contributed by atoms with Crippen LogP contribution >= 0.6 is 15.9 Å². The minimum atomic E-state index is 0.194. The first-order valence-corrected chi connectivity index (χ1v) is 7.25. The van der Waals surface area contributed by atoms with Gasteiger partial charge >= 0.3 is 0 Å². The molecule has 4 nitrogen and oxygen atoms in total. The summed E-state index contributed by atoms with van der Waals surface area (Å²) in [6, 6.07) is 2.19. The molecule has 0 bridgehead atoms. The molecule has 0 aromatic heterocycles. The first-order valence-electron chi connectivity index (χ1n) is 6.45. The minimum Gasteiger partial charge on any atom is -0.504 e. The summed E-state index contributed by atoms with van der Waals surface area (Å²) in [5.74, 6) is 1.28. The average molecular weight is 329 g/mol. The molecule has 1 aromatic rings. The Morgan fingerprint density at radius 3 is 2.79 bits per heavy atom. The van der Waals surface area contributed by atoms with E-state index in [0.717, 1.165) is 28.6 Å². The maximum atomic E-state index is 10.4. The van der Waals surface area contributed by atoms with E-state index in [-0.39, 0.29) is 11.8 Å². The number of likely N-dealkylation sites (tertiary alicyclic amines) is 1. The van der Waals surface area contributed by atoms with Gasteiger partial charge in [-0.2, -0.15) is 0 Å². The molecular formula is C14H21BrN2O2. The zero-order valence-electron chi connectivity index (χ0n) is 11.6. The number of nitrogens with two attached hydrogens (primary N) is 1. The van der Waals surface area contributed by atoms with Crippen LogP contribution in [0, 0.1) is 12.8 Å². The van der Waals surface area contributed by atoms with E-state index in [1.54, 1.807) is 7.11 Å². The smallest absolute Gasteiger partial charge is 0.164 e. The van der Waals surface area contributed by atoms with Crippen molar-refractivity contribution in [1.29, 1.82) is 0 Å². The molecule has 2 atom stereocenters. The molecule has 1 aliphatic rings. The van der Waals surface area contributed by atoms with Gasteiger partial charge in [-0.1, -0.05) is 15.9 Å². The molecule has 106 valence electrons. The highest BCUT2D eigenvalue weighted by molar-refractivity contribution is 9.10. The molecule has 0 aliphatic carbocycles. The monoisotopic (exact) mass is 328 g/mol. The molecule has 0 saturated carbocycles. The van der Waals surface area contributed by atoms with Crippen LogP contribution in [0.25, 0.3) is 0 Å². The van der Waals surface area contributed by atoms with E-state index in [9.17, 15) is 5.11 Å². The Hall–Kier alpha value is -0.780. The quantitative estimate of drug-likeness (QED) is 0.894. The fourth-order valence-electron chi connectivity index (χ4n) is 2.87. The zero-order chi connectivity index (χ0) is 14.2. The van der Waals surface area contributed by atoms with Gasteiger partial charge in [0.1, 0.15) is 0 Å². The van der Waals surface area contributed by atoms with Crippen LogP contribution in [-0.4, -0.2) is 37.3 Å². The lowest BCUT2D eigenvalue weighted by atomic mass is 9.97.